The lowest BCUT2D eigenvalue weighted by Crippen LogP contribution is -2.24. The summed E-state index contributed by atoms with van der Waals surface area (Å²) in [6, 6.07) is 5.74. The normalized spacial score (nSPS) is 17.0. The maximum atomic E-state index is 12.0. The largest absolute Gasteiger partial charge is 0.497 e. The summed E-state index contributed by atoms with van der Waals surface area (Å²) in [4.78, 5) is 20.2. The fourth-order valence-electron chi connectivity index (χ4n) is 3.69. The number of carbonyl (C=O) groups excluding carboxylic acids is 1. The Balaban J connectivity index is 1.73. The van der Waals surface area contributed by atoms with Crippen LogP contribution in [0.25, 0.3) is 22.2 Å². The topological polar surface area (TPSA) is 75.5 Å². The molecule has 1 saturated heterocycles. The van der Waals surface area contributed by atoms with Gasteiger partial charge < -0.3 is 18.8 Å². The van der Waals surface area contributed by atoms with Crippen molar-refractivity contribution in [2.45, 2.75) is 32.1 Å². The molecule has 7 nitrogen and oxygen atoms in total. The van der Waals surface area contributed by atoms with Crippen molar-refractivity contribution >= 4 is 17.2 Å². The molecule has 0 N–H and O–H groups in total. The lowest BCUT2D eigenvalue weighted by molar-refractivity contribution is -0.163. The van der Waals surface area contributed by atoms with Crippen LogP contribution in [0.1, 0.15) is 29.6 Å². The van der Waals surface area contributed by atoms with Crippen LogP contribution in [0.4, 0.5) is 0 Å². The third-order valence-corrected chi connectivity index (χ3v) is 5.02. The summed E-state index contributed by atoms with van der Waals surface area (Å²) < 4.78 is 19.0. The van der Waals surface area contributed by atoms with E-state index in [2.05, 4.69) is 14.5 Å². The molecule has 0 bridgehead atoms. The molecule has 0 aliphatic carbocycles. The summed E-state index contributed by atoms with van der Waals surface area (Å²) in [5, 5.41) is 0.835. The molecular formula is C21H23N3O4. The third kappa shape index (κ3) is 3.63. The van der Waals surface area contributed by atoms with Crippen molar-refractivity contribution in [2.24, 2.45) is 0 Å². The molecule has 1 aliphatic rings. The number of carbonyl (C=O) groups is 1. The van der Waals surface area contributed by atoms with Crippen molar-refractivity contribution in [3.8, 4) is 17.0 Å². The quantitative estimate of drug-likeness (QED) is 0.584. The predicted octanol–water partition coefficient (Wildman–Crippen LogP) is 3.46. The fraction of sp³-hybridized carbons (Fsp3) is 0.381. The molecule has 146 valence electrons. The minimum atomic E-state index is -0.148. The van der Waals surface area contributed by atoms with E-state index < -0.39 is 0 Å². The third-order valence-electron chi connectivity index (χ3n) is 5.02. The summed E-state index contributed by atoms with van der Waals surface area (Å²) in [6.07, 6.45) is 8.77. The van der Waals surface area contributed by atoms with Crippen LogP contribution in [0, 0.1) is 0 Å². The van der Waals surface area contributed by atoms with Gasteiger partial charge in [-0.3, -0.25) is 4.79 Å². The maximum Gasteiger partial charge on any atom is 0.157 e. The average molecular weight is 381 g/mol. The summed E-state index contributed by atoms with van der Waals surface area (Å²) in [5.41, 5.74) is 3.10. The molecule has 1 atom stereocenters. The standard InChI is InChI=1S/C21H23N3O4/c1-26-16-5-6-19-17(10-16)18(13-25)21(15-11-22-14-23-12-15)24(19)7-9-28-20-4-2-3-8-27-20/h5-6,10-14,20H,2-4,7-9H2,1H3. The van der Waals surface area contributed by atoms with Crippen molar-refractivity contribution < 1.29 is 19.0 Å². The monoisotopic (exact) mass is 381 g/mol. The Kier molecular flexibility index (Phi) is 5.64. The van der Waals surface area contributed by atoms with Gasteiger partial charge >= 0.3 is 0 Å². The molecule has 2 aromatic heterocycles. The molecule has 0 saturated carbocycles. The van der Waals surface area contributed by atoms with Gasteiger partial charge in [-0.15, -0.1) is 0 Å². The molecule has 28 heavy (non-hydrogen) atoms. The first-order valence-corrected chi connectivity index (χ1v) is 9.46. The van der Waals surface area contributed by atoms with Crippen molar-refractivity contribution in [3.63, 3.8) is 0 Å². The van der Waals surface area contributed by atoms with Crippen LogP contribution >= 0.6 is 0 Å². The molecule has 3 aromatic rings. The predicted molar refractivity (Wildman–Crippen MR) is 104 cm³/mol. The lowest BCUT2D eigenvalue weighted by Gasteiger charge is -2.23. The zero-order valence-corrected chi connectivity index (χ0v) is 15.8. The van der Waals surface area contributed by atoms with Gasteiger partial charge in [0.1, 0.15) is 12.1 Å². The molecular weight excluding hydrogens is 358 g/mol. The van der Waals surface area contributed by atoms with Crippen molar-refractivity contribution in [2.75, 3.05) is 20.3 Å². The number of aromatic nitrogens is 3. The number of fused-ring (bicyclic) bond motifs is 1. The second kappa shape index (κ2) is 8.50. The molecule has 1 aliphatic heterocycles. The number of benzene rings is 1. The van der Waals surface area contributed by atoms with Gasteiger partial charge in [0.25, 0.3) is 0 Å². The van der Waals surface area contributed by atoms with Gasteiger partial charge in [-0.25, -0.2) is 9.97 Å². The fourth-order valence-corrected chi connectivity index (χ4v) is 3.69. The molecule has 0 radical (unpaired) electrons. The van der Waals surface area contributed by atoms with Crippen LogP contribution in [0.2, 0.25) is 0 Å². The van der Waals surface area contributed by atoms with Gasteiger partial charge in [-0.1, -0.05) is 0 Å². The molecule has 1 aromatic carbocycles. The Bertz CT molecular complexity index is 949. The average Bonchev–Trinajstić information content (AvgIpc) is 3.07. The van der Waals surface area contributed by atoms with E-state index in [9.17, 15) is 4.79 Å². The van der Waals surface area contributed by atoms with Crippen molar-refractivity contribution in [1.29, 1.82) is 0 Å². The smallest absolute Gasteiger partial charge is 0.157 e. The Labute approximate surface area is 163 Å². The summed E-state index contributed by atoms with van der Waals surface area (Å²) in [5.74, 6) is 0.704. The van der Waals surface area contributed by atoms with Gasteiger partial charge in [0.05, 0.1) is 19.4 Å². The number of rotatable bonds is 7. The van der Waals surface area contributed by atoms with E-state index in [0.29, 0.717) is 24.5 Å². The first-order valence-electron chi connectivity index (χ1n) is 9.46. The van der Waals surface area contributed by atoms with Gasteiger partial charge in [0, 0.05) is 47.6 Å². The number of methoxy groups -OCH3 is 1. The van der Waals surface area contributed by atoms with Crippen LogP contribution in [0.5, 0.6) is 5.75 Å². The maximum absolute atomic E-state index is 12.0. The Morgan fingerprint density at radius 1 is 1.29 bits per heavy atom. The summed E-state index contributed by atoms with van der Waals surface area (Å²) in [6.45, 7) is 1.82. The van der Waals surface area contributed by atoms with Crippen molar-refractivity contribution in [3.05, 3.63) is 42.5 Å². The molecule has 4 rings (SSSR count). The van der Waals surface area contributed by atoms with Gasteiger partial charge in [-0.2, -0.15) is 0 Å². The van der Waals surface area contributed by atoms with Crippen LogP contribution in [-0.4, -0.2) is 47.4 Å². The molecule has 3 heterocycles. The number of hydrogen-bond acceptors (Lipinski definition) is 6. The first-order chi connectivity index (χ1) is 13.8. The number of nitrogens with zero attached hydrogens (tertiary/aromatic N) is 3. The van der Waals surface area contributed by atoms with Crippen LogP contribution in [0.3, 0.4) is 0 Å². The van der Waals surface area contributed by atoms with E-state index in [4.69, 9.17) is 14.2 Å². The highest BCUT2D eigenvalue weighted by molar-refractivity contribution is 6.05. The van der Waals surface area contributed by atoms with E-state index >= 15 is 0 Å². The minimum absolute atomic E-state index is 0.148. The number of aldehydes is 1. The zero-order chi connectivity index (χ0) is 19.3. The molecule has 0 spiro atoms. The highest BCUT2D eigenvalue weighted by atomic mass is 16.7. The number of ether oxygens (including phenoxy) is 3. The summed E-state index contributed by atoms with van der Waals surface area (Å²) in [7, 11) is 1.61. The second-order valence-corrected chi connectivity index (χ2v) is 6.71. The summed E-state index contributed by atoms with van der Waals surface area (Å²) >= 11 is 0. The van der Waals surface area contributed by atoms with Crippen molar-refractivity contribution in [1.82, 2.24) is 14.5 Å². The molecule has 7 heteroatoms. The lowest BCUT2D eigenvalue weighted by atomic mass is 10.1. The van der Waals surface area contributed by atoms with Crippen LogP contribution in [0.15, 0.2) is 36.9 Å². The zero-order valence-electron chi connectivity index (χ0n) is 15.8. The highest BCUT2D eigenvalue weighted by Crippen LogP contribution is 2.34. The number of hydrogen-bond donors (Lipinski definition) is 0. The van der Waals surface area contributed by atoms with Crippen LogP contribution in [-0.2, 0) is 16.0 Å². The van der Waals surface area contributed by atoms with E-state index in [1.165, 1.54) is 6.33 Å². The van der Waals surface area contributed by atoms with Gasteiger partial charge in [0.15, 0.2) is 12.6 Å². The first kappa shape index (κ1) is 18.6. The van der Waals surface area contributed by atoms with E-state index in [-0.39, 0.29) is 6.29 Å². The SMILES string of the molecule is COc1ccc2c(c1)c(C=O)c(-c1cncnc1)n2CCOC1CCCCO1. The van der Waals surface area contributed by atoms with Gasteiger partial charge in [-0.05, 0) is 37.5 Å². The Hall–Kier alpha value is -2.77. The Morgan fingerprint density at radius 2 is 2.14 bits per heavy atom. The molecule has 0 amide bonds. The highest BCUT2D eigenvalue weighted by Gasteiger charge is 2.20. The Morgan fingerprint density at radius 3 is 2.86 bits per heavy atom. The van der Waals surface area contributed by atoms with E-state index in [1.807, 2.05) is 18.2 Å². The molecule has 1 fully saturated rings. The van der Waals surface area contributed by atoms with Crippen LogP contribution < -0.4 is 4.74 Å². The minimum Gasteiger partial charge on any atom is -0.497 e. The molecule has 1 unspecified atom stereocenters. The van der Waals surface area contributed by atoms with E-state index in [0.717, 1.165) is 54.3 Å². The van der Waals surface area contributed by atoms with E-state index in [1.54, 1.807) is 19.5 Å². The van der Waals surface area contributed by atoms with Gasteiger partial charge in [0.2, 0.25) is 0 Å². The second-order valence-electron chi connectivity index (χ2n) is 6.71.